The number of hydrogen-bond donors (Lipinski definition) is 1. The van der Waals surface area contributed by atoms with Gasteiger partial charge < -0.3 is 5.32 Å². The van der Waals surface area contributed by atoms with Crippen LogP contribution in [0.15, 0.2) is 48.5 Å². The summed E-state index contributed by atoms with van der Waals surface area (Å²) in [7, 11) is 1.69. The Morgan fingerprint density at radius 2 is 2.00 bits per heavy atom. The van der Waals surface area contributed by atoms with Gasteiger partial charge in [0.1, 0.15) is 0 Å². The first-order valence-corrected chi connectivity index (χ1v) is 8.30. The van der Waals surface area contributed by atoms with Crippen LogP contribution in [-0.2, 0) is 18.0 Å². The summed E-state index contributed by atoms with van der Waals surface area (Å²) in [6, 6.07) is 10.3. The molecular weight excluding hydrogens is 395 g/mol. The summed E-state index contributed by atoms with van der Waals surface area (Å²) in [5.41, 5.74) is 0.427. The molecule has 6 nitrogen and oxygen atoms in total. The van der Waals surface area contributed by atoms with Gasteiger partial charge in [-0.2, -0.15) is 13.2 Å². The highest BCUT2D eigenvalue weighted by atomic mass is 35.5. The maximum absolute atomic E-state index is 12.9. The monoisotopic (exact) mass is 407 g/mol. The molecular formula is C18H13ClF3N5O. The zero-order chi connectivity index (χ0) is 20.3. The minimum absolute atomic E-state index is 0.200. The van der Waals surface area contributed by atoms with Crippen molar-refractivity contribution in [3.63, 3.8) is 0 Å². The van der Waals surface area contributed by atoms with Gasteiger partial charge in [-0.3, -0.25) is 4.79 Å². The Morgan fingerprint density at radius 1 is 1.21 bits per heavy atom. The standard InChI is InChI=1S/C18H13ClF3N5O/c1-27-17(24-25-26-27)12-3-2-4-13(10-12)23-16(28)8-6-11-5-7-15(19)14(9-11)18(20,21)22/h2-10H,1H3,(H,23,28)/b8-6-. The van der Waals surface area contributed by atoms with Crippen molar-refractivity contribution >= 4 is 29.3 Å². The van der Waals surface area contributed by atoms with E-state index in [1.807, 2.05) is 0 Å². The van der Waals surface area contributed by atoms with E-state index in [4.69, 9.17) is 11.6 Å². The van der Waals surface area contributed by atoms with Crippen molar-refractivity contribution in [1.29, 1.82) is 0 Å². The summed E-state index contributed by atoms with van der Waals surface area (Å²) in [6.45, 7) is 0. The summed E-state index contributed by atoms with van der Waals surface area (Å²) in [6.07, 6.45) is -2.16. The number of aryl methyl sites for hydroxylation is 1. The predicted octanol–water partition coefficient (Wildman–Crippen LogP) is 4.20. The molecule has 28 heavy (non-hydrogen) atoms. The largest absolute Gasteiger partial charge is 0.417 e. The van der Waals surface area contributed by atoms with Crippen molar-refractivity contribution < 1.29 is 18.0 Å². The lowest BCUT2D eigenvalue weighted by Crippen LogP contribution is -2.08. The van der Waals surface area contributed by atoms with Gasteiger partial charge in [-0.25, -0.2) is 4.68 Å². The molecule has 1 aromatic heterocycles. The average molecular weight is 408 g/mol. The fourth-order valence-electron chi connectivity index (χ4n) is 2.43. The lowest BCUT2D eigenvalue weighted by atomic mass is 10.1. The zero-order valence-corrected chi connectivity index (χ0v) is 15.2. The Kier molecular flexibility index (Phi) is 5.46. The molecule has 0 atom stereocenters. The molecule has 2 aromatic carbocycles. The number of nitrogens with one attached hydrogen (secondary N) is 1. The molecule has 0 radical (unpaired) electrons. The van der Waals surface area contributed by atoms with Gasteiger partial charge in [0.2, 0.25) is 5.91 Å². The number of anilines is 1. The number of amides is 1. The van der Waals surface area contributed by atoms with Crippen molar-refractivity contribution in [2.24, 2.45) is 7.05 Å². The molecule has 144 valence electrons. The molecule has 0 fully saturated rings. The number of alkyl halides is 3. The third-order valence-corrected chi connectivity index (χ3v) is 4.06. The number of carbonyl (C=O) groups excluding carboxylic acids is 1. The molecule has 0 aliphatic heterocycles. The van der Waals surface area contributed by atoms with Crippen LogP contribution in [0, 0.1) is 0 Å². The van der Waals surface area contributed by atoms with Gasteiger partial charge >= 0.3 is 6.18 Å². The summed E-state index contributed by atoms with van der Waals surface area (Å²) in [4.78, 5) is 12.1. The number of aromatic nitrogens is 4. The average Bonchev–Trinajstić information content (AvgIpc) is 3.06. The fraction of sp³-hybridized carbons (Fsp3) is 0.111. The highest BCUT2D eigenvalue weighted by molar-refractivity contribution is 6.31. The Morgan fingerprint density at radius 3 is 2.68 bits per heavy atom. The van der Waals surface area contributed by atoms with Crippen molar-refractivity contribution in [3.8, 4) is 11.4 Å². The lowest BCUT2D eigenvalue weighted by molar-refractivity contribution is -0.137. The quantitative estimate of drug-likeness (QED) is 0.658. The van der Waals surface area contributed by atoms with Crippen LogP contribution in [0.2, 0.25) is 5.02 Å². The SMILES string of the molecule is Cn1nnnc1-c1cccc(NC(=O)/C=C\c2ccc(Cl)c(C(F)(F)F)c2)c1. The van der Waals surface area contributed by atoms with Crippen LogP contribution in [0.4, 0.5) is 18.9 Å². The number of benzene rings is 2. The van der Waals surface area contributed by atoms with Crippen LogP contribution < -0.4 is 5.32 Å². The molecule has 0 unspecified atom stereocenters. The third-order valence-electron chi connectivity index (χ3n) is 3.73. The molecule has 1 heterocycles. The minimum atomic E-state index is -4.57. The molecule has 3 aromatic rings. The molecule has 0 aliphatic carbocycles. The zero-order valence-electron chi connectivity index (χ0n) is 14.4. The van der Waals surface area contributed by atoms with Crippen LogP contribution in [0.5, 0.6) is 0 Å². The Hall–Kier alpha value is -3.20. The van der Waals surface area contributed by atoms with Crippen molar-refractivity contribution in [2.75, 3.05) is 5.32 Å². The van der Waals surface area contributed by atoms with Crippen LogP contribution in [-0.4, -0.2) is 26.1 Å². The number of carbonyl (C=O) groups is 1. The van der Waals surface area contributed by atoms with Crippen molar-refractivity contribution in [1.82, 2.24) is 20.2 Å². The molecule has 0 aliphatic rings. The summed E-state index contributed by atoms with van der Waals surface area (Å²) >= 11 is 5.58. The second-order valence-electron chi connectivity index (χ2n) is 5.77. The van der Waals surface area contributed by atoms with E-state index in [2.05, 4.69) is 20.8 Å². The third kappa shape index (κ3) is 4.55. The van der Waals surface area contributed by atoms with Gasteiger partial charge in [-0.15, -0.1) is 5.10 Å². The van der Waals surface area contributed by atoms with E-state index < -0.39 is 22.7 Å². The van der Waals surface area contributed by atoms with Gasteiger partial charge in [-0.05, 0) is 46.3 Å². The second-order valence-corrected chi connectivity index (χ2v) is 6.17. The number of nitrogens with zero attached hydrogens (tertiary/aromatic N) is 4. The van der Waals surface area contributed by atoms with Gasteiger partial charge in [-0.1, -0.05) is 29.8 Å². The van der Waals surface area contributed by atoms with E-state index in [0.717, 1.165) is 18.2 Å². The maximum atomic E-state index is 12.9. The Bertz CT molecular complexity index is 1050. The fourth-order valence-corrected chi connectivity index (χ4v) is 2.65. The van der Waals surface area contributed by atoms with E-state index in [9.17, 15) is 18.0 Å². The molecule has 0 saturated carbocycles. The van der Waals surface area contributed by atoms with E-state index >= 15 is 0 Å². The summed E-state index contributed by atoms with van der Waals surface area (Å²) in [5.74, 6) is 0.0178. The molecule has 1 N–H and O–H groups in total. The van der Waals surface area contributed by atoms with Gasteiger partial charge in [0, 0.05) is 24.4 Å². The summed E-state index contributed by atoms with van der Waals surface area (Å²) in [5, 5.41) is 13.4. The normalized spacial score (nSPS) is 11.8. The van der Waals surface area contributed by atoms with Crippen molar-refractivity contribution in [2.45, 2.75) is 6.18 Å². The summed E-state index contributed by atoms with van der Waals surface area (Å²) < 4.78 is 40.2. The van der Waals surface area contributed by atoms with Crippen molar-refractivity contribution in [3.05, 3.63) is 64.7 Å². The van der Waals surface area contributed by atoms with E-state index in [1.54, 1.807) is 31.3 Å². The van der Waals surface area contributed by atoms with Crippen LogP contribution in [0.1, 0.15) is 11.1 Å². The Labute approximate surface area is 162 Å². The molecule has 1 amide bonds. The molecule has 0 saturated heterocycles. The number of halogens is 4. The second kappa shape index (κ2) is 7.81. The van der Waals surface area contributed by atoms with Gasteiger partial charge in [0.25, 0.3) is 0 Å². The minimum Gasteiger partial charge on any atom is -0.322 e. The van der Waals surface area contributed by atoms with E-state index in [0.29, 0.717) is 17.1 Å². The van der Waals surface area contributed by atoms with Crippen LogP contribution in [0.25, 0.3) is 17.5 Å². The van der Waals surface area contributed by atoms with Gasteiger partial charge in [0.05, 0.1) is 10.6 Å². The lowest BCUT2D eigenvalue weighted by Gasteiger charge is -2.09. The first kappa shape index (κ1) is 19.6. The molecule has 10 heteroatoms. The molecule has 3 rings (SSSR count). The molecule has 0 spiro atoms. The number of hydrogen-bond acceptors (Lipinski definition) is 4. The first-order chi connectivity index (χ1) is 13.2. The van der Waals surface area contributed by atoms with E-state index in [1.165, 1.54) is 16.8 Å². The maximum Gasteiger partial charge on any atom is 0.417 e. The van der Waals surface area contributed by atoms with Gasteiger partial charge in [0.15, 0.2) is 5.82 Å². The Balaban J connectivity index is 1.74. The topological polar surface area (TPSA) is 72.7 Å². The number of rotatable bonds is 4. The van der Waals surface area contributed by atoms with E-state index in [-0.39, 0.29) is 5.56 Å². The first-order valence-electron chi connectivity index (χ1n) is 7.92. The smallest absolute Gasteiger partial charge is 0.322 e. The molecule has 0 bridgehead atoms. The number of tetrazole rings is 1. The van der Waals surface area contributed by atoms with Crippen LogP contribution >= 0.6 is 11.6 Å². The highest BCUT2D eigenvalue weighted by Gasteiger charge is 2.33. The highest BCUT2D eigenvalue weighted by Crippen LogP contribution is 2.35. The van der Waals surface area contributed by atoms with Crippen LogP contribution in [0.3, 0.4) is 0 Å². The predicted molar refractivity (Wildman–Crippen MR) is 98.4 cm³/mol.